The fourth-order valence-corrected chi connectivity index (χ4v) is 2.07. The average molecular weight is 265 g/mol. The highest BCUT2D eigenvalue weighted by molar-refractivity contribution is 6.59. The van der Waals surface area contributed by atoms with Gasteiger partial charge in [0.15, 0.2) is 0 Å². The van der Waals surface area contributed by atoms with Crippen molar-refractivity contribution in [2.75, 3.05) is 20.2 Å². The summed E-state index contributed by atoms with van der Waals surface area (Å²) in [6.45, 7) is 7.20. The van der Waals surface area contributed by atoms with Crippen LogP contribution >= 0.6 is 0 Å². The molecule has 2 N–H and O–H groups in total. The van der Waals surface area contributed by atoms with Crippen molar-refractivity contribution in [2.24, 2.45) is 0 Å². The number of methoxy groups -OCH3 is 1. The number of unbranched alkanes of at least 4 members (excludes halogenated alkanes) is 1. The van der Waals surface area contributed by atoms with Crippen LogP contribution in [0.4, 0.5) is 0 Å². The second-order valence-electron chi connectivity index (χ2n) is 4.67. The van der Waals surface area contributed by atoms with Crippen molar-refractivity contribution in [3.8, 4) is 5.75 Å². The van der Waals surface area contributed by atoms with Gasteiger partial charge in [-0.3, -0.25) is 4.90 Å². The molecule has 4 nitrogen and oxygen atoms in total. The smallest absolute Gasteiger partial charge is 0.492 e. The molecule has 0 aromatic heterocycles. The molecule has 0 spiro atoms. The summed E-state index contributed by atoms with van der Waals surface area (Å²) in [6.07, 6.45) is 2.36. The van der Waals surface area contributed by atoms with E-state index < -0.39 is 7.12 Å². The molecular formula is C14H24BNO3. The standard InChI is InChI=1S/C14H24BNO3/c1-4-6-9-16(5-2)11-12-7-8-14(19-3)13(10-12)15(17)18/h7-8,10,17-18H,4-6,9,11H2,1-3H3. The lowest BCUT2D eigenvalue weighted by Gasteiger charge is -2.21. The van der Waals surface area contributed by atoms with Crippen LogP contribution < -0.4 is 10.2 Å². The molecule has 1 aromatic rings. The van der Waals surface area contributed by atoms with Gasteiger partial charge in [-0.25, -0.2) is 0 Å². The van der Waals surface area contributed by atoms with Gasteiger partial charge in [-0.1, -0.05) is 32.4 Å². The van der Waals surface area contributed by atoms with E-state index in [9.17, 15) is 10.0 Å². The second kappa shape index (κ2) is 8.20. The molecule has 1 rings (SSSR count). The first-order chi connectivity index (χ1) is 9.12. The molecule has 0 bridgehead atoms. The zero-order valence-electron chi connectivity index (χ0n) is 12.1. The molecule has 0 atom stereocenters. The topological polar surface area (TPSA) is 52.9 Å². The molecule has 0 unspecified atom stereocenters. The highest BCUT2D eigenvalue weighted by atomic mass is 16.5. The van der Waals surface area contributed by atoms with Crippen LogP contribution in [0.25, 0.3) is 0 Å². The molecule has 0 aliphatic rings. The molecule has 1 aromatic carbocycles. The van der Waals surface area contributed by atoms with Crippen LogP contribution in [0.5, 0.6) is 5.75 Å². The number of hydrogen-bond acceptors (Lipinski definition) is 4. The predicted molar refractivity (Wildman–Crippen MR) is 78.7 cm³/mol. The number of nitrogens with zero attached hydrogens (tertiary/aromatic N) is 1. The molecule has 106 valence electrons. The van der Waals surface area contributed by atoms with Gasteiger partial charge in [0.05, 0.1) is 7.11 Å². The molecule has 0 saturated carbocycles. The molecular weight excluding hydrogens is 241 g/mol. The first-order valence-corrected chi connectivity index (χ1v) is 6.87. The van der Waals surface area contributed by atoms with Crippen LogP contribution in [0, 0.1) is 0 Å². The lowest BCUT2D eigenvalue weighted by atomic mass is 9.78. The fraction of sp³-hybridized carbons (Fsp3) is 0.571. The van der Waals surface area contributed by atoms with Crippen LogP contribution in [0.3, 0.4) is 0 Å². The van der Waals surface area contributed by atoms with Gasteiger partial charge >= 0.3 is 7.12 Å². The summed E-state index contributed by atoms with van der Waals surface area (Å²) in [6, 6.07) is 5.56. The summed E-state index contributed by atoms with van der Waals surface area (Å²) < 4.78 is 5.12. The summed E-state index contributed by atoms with van der Waals surface area (Å²) >= 11 is 0. The molecule has 19 heavy (non-hydrogen) atoms. The minimum Gasteiger partial charge on any atom is -0.497 e. The molecule has 0 saturated heterocycles. The molecule has 0 aliphatic heterocycles. The highest BCUT2D eigenvalue weighted by Crippen LogP contribution is 2.12. The Balaban J connectivity index is 2.80. The van der Waals surface area contributed by atoms with E-state index in [0.717, 1.165) is 25.2 Å². The van der Waals surface area contributed by atoms with Gasteiger partial charge < -0.3 is 14.8 Å². The van der Waals surface area contributed by atoms with Crippen molar-refractivity contribution < 1.29 is 14.8 Å². The van der Waals surface area contributed by atoms with Crippen molar-refractivity contribution in [2.45, 2.75) is 33.2 Å². The number of ether oxygens (including phenoxy) is 1. The van der Waals surface area contributed by atoms with Crippen LogP contribution in [0.1, 0.15) is 32.3 Å². The van der Waals surface area contributed by atoms with E-state index in [1.807, 2.05) is 6.07 Å². The summed E-state index contributed by atoms with van der Waals surface area (Å²) in [5.74, 6) is 0.510. The van der Waals surface area contributed by atoms with Crippen LogP contribution in [-0.2, 0) is 6.54 Å². The zero-order chi connectivity index (χ0) is 14.3. The number of benzene rings is 1. The summed E-state index contributed by atoms with van der Waals surface area (Å²) in [7, 11) is 0.0288. The van der Waals surface area contributed by atoms with E-state index >= 15 is 0 Å². The van der Waals surface area contributed by atoms with Crippen LogP contribution in [-0.4, -0.2) is 42.3 Å². The highest BCUT2D eigenvalue weighted by Gasteiger charge is 2.17. The number of hydrogen-bond donors (Lipinski definition) is 2. The third-order valence-electron chi connectivity index (χ3n) is 3.25. The van der Waals surface area contributed by atoms with E-state index in [1.165, 1.54) is 20.0 Å². The molecule has 0 aliphatic carbocycles. The average Bonchev–Trinajstić information content (AvgIpc) is 2.43. The minimum atomic E-state index is -1.50. The second-order valence-corrected chi connectivity index (χ2v) is 4.67. The monoisotopic (exact) mass is 265 g/mol. The lowest BCUT2D eigenvalue weighted by Crippen LogP contribution is -2.32. The fourth-order valence-electron chi connectivity index (χ4n) is 2.07. The Kier molecular flexibility index (Phi) is 6.91. The Bertz CT molecular complexity index is 385. The van der Waals surface area contributed by atoms with Gasteiger partial charge in [0.25, 0.3) is 0 Å². The zero-order valence-corrected chi connectivity index (χ0v) is 12.1. The van der Waals surface area contributed by atoms with Crippen molar-refractivity contribution in [1.82, 2.24) is 4.90 Å². The summed E-state index contributed by atoms with van der Waals surface area (Å²) in [5.41, 5.74) is 1.49. The van der Waals surface area contributed by atoms with E-state index in [1.54, 1.807) is 12.1 Å². The first kappa shape index (κ1) is 16.0. The van der Waals surface area contributed by atoms with Crippen molar-refractivity contribution in [3.63, 3.8) is 0 Å². The van der Waals surface area contributed by atoms with Gasteiger partial charge in [0.1, 0.15) is 5.75 Å². The molecule has 0 radical (unpaired) electrons. The summed E-state index contributed by atoms with van der Waals surface area (Å²) in [4.78, 5) is 2.35. The third-order valence-corrected chi connectivity index (χ3v) is 3.25. The lowest BCUT2D eigenvalue weighted by molar-refractivity contribution is 0.275. The molecule has 0 heterocycles. The first-order valence-electron chi connectivity index (χ1n) is 6.87. The maximum atomic E-state index is 9.35. The SMILES string of the molecule is CCCCN(CC)Cc1ccc(OC)c(B(O)O)c1. The normalized spacial score (nSPS) is 10.8. The maximum Gasteiger partial charge on any atom is 0.492 e. The Hall–Kier alpha value is -1.04. The van der Waals surface area contributed by atoms with Crippen molar-refractivity contribution in [3.05, 3.63) is 23.8 Å². The van der Waals surface area contributed by atoms with E-state index in [2.05, 4.69) is 18.7 Å². The predicted octanol–water partition coefficient (Wildman–Crippen LogP) is 0.997. The third kappa shape index (κ3) is 4.86. The molecule has 5 heteroatoms. The Morgan fingerprint density at radius 1 is 1.26 bits per heavy atom. The van der Waals surface area contributed by atoms with Crippen molar-refractivity contribution >= 4 is 12.6 Å². The van der Waals surface area contributed by atoms with Crippen molar-refractivity contribution in [1.29, 1.82) is 0 Å². The Morgan fingerprint density at radius 2 is 2.00 bits per heavy atom. The largest absolute Gasteiger partial charge is 0.497 e. The Labute approximate surface area is 116 Å². The summed E-state index contributed by atoms with van der Waals surface area (Å²) in [5, 5.41) is 18.7. The van der Waals surface area contributed by atoms with Gasteiger partial charge in [-0.2, -0.15) is 0 Å². The molecule has 0 amide bonds. The van der Waals surface area contributed by atoms with Gasteiger partial charge in [-0.05, 0) is 31.1 Å². The van der Waals surface area contributed by atoms with Gasteiger partial charge in [0, 0.05) is 12.0 Å². The minimum absolute atomic E-state index is 0.423. The maximum absolute atomic E-state index is 9.35. The van der Waals surface area contributed by atoms with Gasteiger partial charge in [-0.15, -0.1) is 0 Å². The van der Waals surface area contributed by atoms with Gasteiger partial charge in [0.2, 0.25) is 0 Å². The quantitative estimate of drug-likeness (QED) is 0.688. The Morgan fingerprint density at radius 3 is 2.53 bits per heavy atom. The van der Waals surface area contributed by atoms with Crippen LogP contribution in [0.15, 0.2) is 18.2 Å². The molecule has 0 fully saturated rings. The van der Waals surface area contributed by atoms with Crippen LogP contribution in [0.2, 0.25) is 0 Å². The van der Waals surface area contributed by atoms with E-state index in [-0.39, 0.29) is 0 Å². The number of rotatable bonds is 8. The van der Waals surface area contributed by atoms with E-state index in [0.29, 0.717) is 11.2 Å². The van der Waals surface area contributed by atoms with E-state index in [4.69, 9.17) is 4.74 Å².